The molecule has 1 aliphatic rings. The van der Waals surface area contributed by atoms with Crippen LogP contribution in [0.2, 0.25) is 5.02 Å². The van der Waals surface area contributed by atoms with E-state index in [1.807, 2.05) is 4.90 Å². The second-order valence-electron chi connectivity index (χ2n) is 4.47. The number of hydrogen-bond donors (Lipinski definition) is 2. The van der Waals surface area contributed by atoms with Crippen LogP contribution in [0.3, 0.4) is 0 Å². The van der Waals surface area contributed by atoms with Crippen LogP contribution in [0.1, 0.15) is 23.2 Å². The van der Waals surface area contributed by atoms with Crippen molar-refractivity contribution in [3.8, 4) is 0 Å². The van der Waals surface area contributed by atoms with Crippen molar-refractivity contribution in [3.05, 3.63) is 22.8 Å². The van der Waals surface area contributed by atoms with E-state index in [-0.39, 0.29) is 18.1 Å². The molecule has 2 N–H and O–H groups in total. The molecule has 0 spiro atoms. The van der Waals surface area contributed by atoms with Crippen LogP contribution in [0, 0.1) is 5.92 Å². The van der Waals surface area contributed by atoms with Crippen molar-refractivity contribution in [2.75, 3.05) is 24.6 Å². The molecule has 1 aromatic heterocycles. The Kier molecular flexibility index (Phi) is 4.04. The van der Waals surface area contributed by atoms with Gasteiger partial charge in [0.1, 0.15) is 5.82 Å². The molecule has 1 unspecified atom stereocenters. The Morgan fingerprint density at radius 1 is 1.61 bits per heavy atom. The number of anilines is 1. The number of carboxylic acid groups (broad SMARTS) is 1. The van der Waals surface area contributed by atoms with Crippen LogP contribution in [0.4, 0.5) is 5.82 Å². The fourth-order valence-corrected chi connectivity index (χ4v) is 2.47. The number of nitrogens with zero attached hydrogens (tertiary/aromatic N) is 2. The van der Waals surface area contributed by atoms with Crippen LogP contribution in [-0.4, -0.2) is 40.9 Å². The highest BCUT2D eigenvalue weighted by Crippen LogP contribution is 2.28. The summed E-state index contributed by atoms with van der Waals surface area (Å²) in [6.45, 7) is 1.69. The van der Waals surface area contributed by atoms with Gasteiger partial charge in [0, 0.05) is 25.9 Å². The fourth-order valence-electron chi connectivity index (χ4n) is 2.19. The molecule has 1 aliphatic heterocycles. The van der Waals surface area contributed by atoms with Crippen molar-refractivity contribution < 1.29 is 15.0 Å². The number of halogens is 1. The van der Waals surface area contributed by atoms with Crippen LogP contribution in [-0.2, 0) is 0 Å². The first-order chi connectivity index (χ1) is 8.61. The van der Waals surface area contributed by atoms with Gasteiger partial charge in [-0.15, -0.1) is 0 Å². The van der Waals surface area contributed by atoms with Gasteiger partial charge >= 0.3 is 5.97 Å². The molecule has 6 heteroatoms. The molecule has 0 aromatic carbocycles. The van der Waals surface area contributed by atoms with Crippen molar-refractivity contribution in [2.24, 2.45) is 5.92 Å². The molecule has 98 valence electrons. The van der Waals surface area contributed by atoms with E-state index in [1.54, 1.807) is 0 Å². The van der Waals surface area contributed by atoms with E-state index in [0.717, 1.165) is 19.4 Å². The summed E-state index contributed by atoms with van der Waals surface area (Å²) in [6.07, 6.45) is 3.29. The number of aromatic carboxylic acids is 1. The van der Waals surface area contributed by atoms with Crippen LogP contribution >= 0.6 is 11.6 Å². The summed E-state index contributed by atoms with van der Waals surface area (Å²) >= 11 is 6.07. The number of pyridine rings is 1. The lowest BCUT2D eigenvalue weighted by atomic mass is 9.99. The van der Waals surface area contributed by atoms with Crippen LogP contribution < -0.4 is 4.90 Å². The van der Waals surface area contributed by atoms with E-state index >= 15 is 0 Å². The van der Waals surface area contributed by atoms with Crippen molar-refractivity contribution >= 4 is 23.4 Å². The number of piperidine rings is 1. The predicted molar refractivity (Wildman–Crippen MR) is 68.2 cm³/mol. The van der Waals surface area contributed by atoms with Gasteiger partial charge in [-0.3, -0.25) is 0 Å². The highest BCUT2D eigenvalue weighted by molar-refractivity contribution is 6.33. The molecule has 1 saturated heterocycles. The monoisotopic (exact) mass is 270 g/mol. The zero-order valence-electron chi connectivity index (χ0n) is 9.84. The summed E-state index contributed by atoms with van der Waals surface area (Å²) in [5.74, 6) is -0.210. The molecule has 0 bridgehead atoms. The van der Waals surface area contributed by atoms with Crippen LogP contribution in [0.5, 0.6) is 0 Å². The SMILES string of the molecule is O=C(O)c1cnc(N2CCCC(CO)C2)c(Cl)c1. The highest BCUT2D eigenvalue weighted by atomic mass is 35.5. The first-order valence-electron chi connectivity index (χ1n) is 5.86. The molecule has 2 rings (SSSR count). The van der Waals surface area contributed by atoms with Crippen molar-refractivity contribution in [1.29, 1.82) is 0 Å². The third kappa shape index (κ3) is 2.73. The van der Waals surface area contributed by atoms with E-state index in [4.69, 9.17) is 16.7 Å². The standard InChI is InChI=1S/C12H15ClN2O3/c13-10-4-9(12(17)18)5-14-11(10)15-3-1-2-8(6-15)7-16/h4-5,8,16H,1-3,6-7H2,(H,17,18). The van der Waals surface area contributed by atoms with E-state index in [9.17, 15) is 9.90 Å². The Morgan fingerprint density at radius 2 is 2.39 bits per heavy atom. The average molecular weight is 271 g/mol. The predicted octanol–water partition coefficient (Wildman–Crippen LogP) is 1.64. The Bertz CT molecular complexity index is 453. The molecule has 0 amide bonds. The van der Waals surface area contributed by atoms with Crippen molar-refractivity contribution in [2.45, 2.75) is 12.8 Å². The lowest BCUT2D eigenvalue weighted by molar-refractivity contribution is 0.0696. The molecule has 2 heterocycles. The van der Waals surface area contributed by atoms with Gasteiger partial charge in [-0.05, 0) is 24.8 Å². The minimum atomic E-state index is -1.04. The molecular formula is C12H15ClN2O3. The molecular weight excluding hydrogens is 256 g/mol. The Labute approximate surface area is 110 Å². The number of rotatable bonds is 3. The zero-order valence-corrected chi connectivity index (χ0v) is 10.6. The van der Waals surface area contributed by atoms with E-state index in [1.165, 1.54) is 12.3 Å². The van der Waals surface area contributed by atoms with Gasteiger partial charge in [-0.2, -0.15) is 0 Å². The summed E-state index contributed by atoms with van der Waals surface area (Å²) in [4.78, 5) is 16.9. The van der Waals surface area contributed by atoms with Gasteiger partial charge < -0.3 is 15.1 Å². The number of hydrogen-bond acceptors (Lipinski definition) is 4. The largest absolute Gasteiger partial charge is 0.478 e. The normalized spacial score (nSPS) is 19.9. The van der Waals surface area contributed by atoms with Gasteiger partial charge in [-0.1, -0.05) is 11.6 Å². The topological polar surface area (TPSA) is 73.7 Å². The summed E-state index contributed by atoms with van der Waals surface area (Å²) in [7, 11) is 0. The maximum Gasteiger partial charge on any atom is 0.337 e. The number of carbonyl (C=O) groups is 1. The molecule has 0 aliphatic carbocycles. The van der Waals surface area contributed by atoms with Crippen molar-refractivity contribution in [3.63, 3.8) is 0 Å². The molecule has 1 aromatic rings. The maximum absolute atomic E-state index is 10.8. The van der Waals surface area contributed by atoms with Crippen LogP contribution in [0.25, 0.3) is 0 Å². The summed E-state index contributed by atoms with van der Waals surface area (Å²) < 4.78 is 0. The lowest BCUT2D eigenvalue weighted by Gasteiger charge is -2.33. The van der Waals surface area contributed by atoms with Gasteiger partial charge in [0.2, 0.25) is 0 Å². The van der Waals surface area contributed by atoms with Crippen molar-refractivity contribution in [1.82, 2.24) is 4.98 Å². The minimum absolute atomic E-state index is 0.0828. The molecule has 1 atom stereocenters. The first-order valence-corrected chi connectivity index (χ1v) is 6.24. The summed E-state index contributed by atoms with van der Waals surface area (Å²) in [5.41, 5.74) is 0.0828. The highest BCUT2D eigenvalue weighted by Gasteiger charge is 2.22. The number of carboxylic acids is 1. The Morgan fingerprint density at radius 3 is 3.00 bits per heavy atom. The van der Waals surface area contributed by atoms with Crippen LogP contribution in [0.15, 0.2) is 12.3 Å². The molecule has 18 heavy (non-hydrogen) atoms. The number of aliphatic hydroxyl groups is 1. The molecule has 0 radical (unpaired) electrons. The summed E-state index contributed by atoms with van der Waals surface area (Å²) in [6, 6.07) is 1.41. The number of aliphatic hydroxyl groups excluding tert-OH is 1. The zero-order chi connectivity index (χ0) is 13.1. The maximum atomic E-state index is 10.8. The third-order valence-corrected chi connectivity index (χ3v) is 3.42. The van der Waals surface area contributed by atoms with Gasteiger partial charge in [-0.25, -0.2) is 9.78 Å². The smallest absolute Gasteiger partial charge is 0.337 e. The van der Waals surface area contributed by atoms with Gasteiger partial charge in [0.25, 0.3) is 0 Å². The second-order valence-corrected chi connectivity index (χ2v) is 4.88. The lowest BCUT2D eigenvalue weighted by Crippen LogP contribution is -2.37. The molecule has 0 saturated carbocycles. The third-order valence-electron chi connectivity index (χ3n) is 3.15. The van der Waals surface area contributed by atoms with E-state index < -0.39 is 5.97 Å². The summed E-state index contributed by atoms with van der Waals surface area (Å²) in [5, 5.41) is 18.4. The molecule has 5 nitrogen and oxygen atoms in total. The van der Waals surface area contributed by atoms with Gasteiger partial charge in [0.15, 0.2) is 0 Å². The Balaban J connectivity index is 2.20. The van der Waals surface area contributed by atoms with E-state index in [0.29, 0.717) is 17.4 Å². The number of aromatic nitrogens is 1. The second kappa shape index (κ2) is 5.54. The first kappa shape index (κ1) is 13.1. The average Bonchev–Trinajstić information content (AvgIpc) is 2.38. The van der Waals surface area contributed by atoms with Gasteiger partial charge in [0.05, 0.1) is 10.6 Å². The minimum Gasteiger partial charge on any atom is -0.478 e. The van der Waals surface area contributed by atoms with E-state index in [2.05, 4.69) is 4.98 Å². The fraction of sp³-hybridized carbons (Fsp3) is 0.500. The Hall–Kier alpha value is -1.33. The quantitative estimate of drug-likeness (QED) is 0.873. The molecule has 1 fully saturated rings.